The summed E-state index contributed by atoms with van der Waals surface area (Å²) in [6, 6.07) is 11.6. The largest absolute Gasteiger partial charge is 0.489 e. The van der Waals surface area contributed by atoms with Gasteiger partial charge in [0.25, 0.3) is 5.91 Å². The predicted molar refractivity (Wildman–Crippen MR) is 96.4 cm³/mol. The maximum atomic E-state index is 13.2. The van der Waals surface area contributed by atoms with Crippen LogP contribution in [0, 0.1) is 6.92 Å². The summed E-state index contributed by atoms with van der Waals surface area (Å²) in [5, 5.41) is 8.68. The molecule has 0 aliphatic carbocycles. The quantitative estimate of drug-likeness (QED) is 0.723. The third-order valence-electron chi connectivity index (χ3n) is 4.61. The van der Waals surface area contributed by atoms with Crippen molar-refractivity contribution in [2.75, 3.05) is 13.1 Å². The van der Waals surface area contributed by atoms with Crippen molar-refractivity contribution >= 4 is 5.91 Å². The molecule has 0 radical (unpaired) electrons. The zero-order valence-electron chi connectivity index (χ0n) is 14.9. The fourth-order valence-corrected chi connectivity index (χ4v) is 3.41. The molecule has 0 N–H and O–H groups in total. The predicted octanol–water partition coefficient (Wildman–Crippen LogP) is 2.21. The van der Waals surface area contributed by atoms with Gasteiger partial charge >= 0.3 is 0 Å². The second-order valence-electron chi connectivity index (χ2n) is 6.45. The lowest BCUT2D eigenvalue weighted by molar-refractivity contribution is 0.0771. The number of hydrogen-bond donors (Lipinski definition) is 0. The molecule has 26 heavy (non-hydrogen) atoms. The lowest BCUT2D eigenvalue weighted by atomic mass is 10.2. The zero-order chi connectivity index (χ0) is 18.1. The van der Waals surface area contributed by atoms with Crippen LogP contribution in [0.25, 0.3) is 5.82 Å². The first-order valence-electron chi connectivity index (χ1n) is 8.68. The van der Waals surface area contributed by atoms with Crippen LogP contribution in [0.4, 0.5) is 0 Å². The van der Waals surface area contributed by atoms with Gasteiger partial charge in [-0.05, 0) is 25.1 Å². The van der Waals surface area contributed by atoms with E-state index in [1.54, 1.807) is 15.6 Å². The number of para-hydroxylation sites is 1. The lowest BCUT2D eigenvalue weighted by Crippen LogP contribution is -2.32. The van der Waals surface area contributed by atoms with Gasteiger partial charge < -0.3 is 9.64 Å². The first kappa shape index (κ1) is 16.4. The van der Waals surface area contributed by atoms with Crippen molar-refractivity contribution in [3.63, 3.8) is 0 Å². The number of rotatable bonds is 4. The summed E-state index contributed by atoms with van der Waals surface area (Å²) in [4.78, 5) is 15.0. The Labute approximate surface area is 151 Å². The van der Waals surface area contributed by atoms with Crippen LogP contribution in [-0.4, -0.2) is 49.6 Å². The first-order valence-corrected chi connectivity index (χ1v) is 8.68. The molecule has 1 aliphatic rings. The highest BCUT2D eigenvalue weighted by Crippen LogP contribution is 2.23. The smallest absolute Gasteiger partial charge is 0.259 e. The van der Waals surface area contributed by atoms with Crippen molar-refractivity contribution in [2.24, 2.45) is 7.05 Å². The zero-order valence-corrected chi connectivity index (χ0v) is 14.9. The highest BCUT2D eigenvalue weighted by atomic mass is 16.5. The number of ether oxygens (including phenoxy) is 1. The van der Waals surface area contributed by atoms with E-state index in [9.17, 15) is 4.79 Å². The lowest BCUT2D eigenvalue weighted by Gasteiger charge is -2.18. The molecule has 1 amide bonds. The van der Waals surface area contributed by atoms with Crippen LogP contribution >= 0.6 is 0 Å². The van der Waals surface area contributed by atoms with Gasteiger partial charge in [-0.3, -0.25) is 4.79 Å². The van der Waals surface area contributed by atoms with Gasteiger partial charge in [0.1, 0.15) is 17.4 Å². The summed E-state index contributed by atoms with van der Waals surface area (Å²) in [7, 11) is 1.83. The Morgan fingerprint density at radius 1 is 1.23 bits per heavy atom. The standard InChI is InChI=1S/C19H21N5O2/c1-14-17(18(22(2)21-14)24-11-6-10-20-24)19(25)23-12-9-16(13-23)26-15-7-4-3-5-8-15/h3-8,10-11,16H,9,12-13H2,1-2H3. The number of nitrogens with zero attached hydrogens (tertiary/aromatic N) is 5. The van der Waals surface area contributed by atoms with E-state index in [0.29, 0.717) is 30.2 Å². The van der Waals surface area contributed by atoms with Gasteiger partial charge in [0.15, 0.2) is 5.82 Å². The fraction of sp³-hybridized carbons (Fsp3) is 0.316. The molecular formula is C19H21N5O2. The van der Waals surface area contributed by atoms with E-state index >= 15 is 0 Å². The Hall–Kier alpha value is -3.09. The average molecular weight is 351 g/mol. The maximum Gasteiger partial charge on any atom is 0.259 e. The van der Waals surface area contributed by atoms with Crippen molar-refractivity contribution in [1.29, 1.82) is 0 Å². The van der Waals surface area contributed by atoms with Crippen molar-refractivity contribution in [1.82, 2.24) is 24.5 Å². The monoisotopic (exact) mass is 351 g/mol. The molecule has 7 nitrogen and oxygen atoms in total. The van der Waals surface area contributed by atoms with E-state index in [0.717, 1.165) is 12.2 Å². The van der Waals surface area contributed by atoms with Crippen LogP contribution in [0.2, 0.25) is 0 Å². The van der Waals surface area contributed by atoms with Crippen molar-refractivity contribution in [3.8, 4) is 11.6 Å². The molecule has 0 saturated carbocycles. The first-order chi connectivity index (χ1) is 12.6. The van der Waals surface area contributed by atoms with Gasteiger partial charge in [-0.1, -0.05) is 18.2 Å². The molecule has 1 unspecified atom stereocenters. The third-order valence-corrected chi connectivity index (χ3v) is 4.61. The van der Waals surface area contributed by atoms with Gasteiger partial charge in [-0.2, -0.15) is 10.2 Å². The number of carbonyl (C=O) groups excluding carboxylic acids is 1. The Morgan fingerprint density at radius 2 is 2.04 bits per heavy atom. The van der Waals surface area contributed by atoms with E-state index in [1.807, 2.05) is 61.5 Å². The molecule has 1 aliphatic heterocycles. The van der Waals surface area contributed by atoms with Crippen LogP contribution in [0.3, 0.4) is 0 Å². The molecule has 1 aromatic carbocycles. The average Bonchev–Trinajstić information content (AvgIpc) is 3.36. The maximum absolute atomic E-state index is 13.2. The van der Waals surface area contributed by atoms with Crippen molar-refractivity contribution in [3.05, 3.63) is 60.0 Å². The van der Waals surface area contributed by atoms with Crippen molar-refractivity contribution in [2.45, 2.75) is 19.4 Å². The van der Waals surface area contributed by atoms with Crippen LogP contribution in [-0.2, 0) is 7.05 Å². The number of aromatic nitrogens is 4. The number of aryl methyl sites for hydroxylation is 2. The van der Waals surface area contributed by atoms with Crippen LogP contribution in [0.15, 0.2) is 48.8 Å². The Balaban J connectivity index is 1.54. The van der Waals surface area contributed by atoms with Gasteiger partial charge in [0.2, 0.25) is 0 Å². The number of amides is 1. The van der Waals surface area contributed by atoms with Gasteiger partial charge in [0, 0.05) is 32.4 Å². The topological polar surface area (TPSA) is 65.2 Å². The Morgan fingerprint density at radius 3 is 2.77 bits per heavy atom. The molecule has 1 atom stereocenters. The molecule has 134 valence electrons. The highest BCUT2D eigenvalue weighted by Gasteiger charge is 2.32. The number of benzene rings is 1. The molecular weight excluding hydrogens is 330 g/mol. The van der Waals surface area contributed by atoms with Crippen molar-refractivity contribution < 1.29 is 9.53 Å². The minimum absolute atomic E-state index is 0.00600. The Bertz CT molecular complexity index is 902. The van der Waals surface area contributed by atoms with Crippen LogP contribution in [0.1, 0.15) is 22.5 Å². The Kier molecular flexibility index (Phi) is 4.20. The van der Waals surface area contributed by atoms with E-state index in [4.69, 9.17) is 4.74 Å². The third kappa shape index (κ3) is 2.96. The molecule has 2 aromatic heterocycles. The minimum atomic E-state index is -0.0275. The number of hydrogen-bond acceptors (Lipinski definition) is 4. The van der Waals surface area contributed by atoms with Gasteiger partial charge in [0.05, 0.1) is 12.2 Å². The van der Waals surface area contributed by atoms with Crippen LogP contribution in [0.5, 0.6) is 5.75 Å². The van der Waals surface area contributed by atoms with E-state index in [1.165, 1.54) is 0 Å². The van der Waals surface area contributed by atoms with E-state index < -0.39 is 0 Å². The fourth-order valence-electron chi connectivity index (χ4n) is 3.41. The summed E-state index contributed by atoms with van der Waals surface area (Å²) in [6.45, 7) is 3.10. The summed E-state index contributed by atoms with van der Waals surface area (Å²) in [6.07, 6.45) is 4.33. The summed E-state index contributed by atoms with van der Waals surface area (Å²) in [5.41, 5.74) is 1.30. The molecule has 3 heterocycles. The molecule has 3 aromatic rings. The summed E-state index contributed by atoms with van der Waals surface area (Å²) >= 11 is 0. The molecule has 1 saturated heterocycles. The molecule has 7 heteroatoms. The minimum Gasteiger partial charge on any atom is -0.489 e. The van der Waals surface area contributed by atoms with E-state index in [-0.39, 0.29) is 12.0 Å². The molecule has 4 rings (SSSR count). The van der Waals surface area contributed by atoms with Crippen LogP contribution < -0.4 is 4.74 Å². The highest BCUT2D eigenvalue weighted by molar-refractivity contribution is 5.98. The van der Waals surface area contributed by atoms with E-state index in [2.05, 4.69) is 10.2 Å². The normalized spacial score (nSPS) is 16.8. The SMILES string of the molecule is Cc1nn(C)c(-n2cccn2)c1C(=O)N1CCC(Oc2ccccc2)C1. The summed E-state index contributed by atoms with van der Waals surface area (Å²) < 4.78 is 9.38. The number of carbonyl (C=O) groups is 1. The van der Waals surface area contributed by atoms with Gasteiger partial charge in [-0.25, -0.2) is 9.36 Å². The molecule has 1 fully saturated rings. The summed E-state index contributed by atoms with van der Waals surface area (Å²) in [5.74, 6) is 1.49. The van der Waals surface area contributed by atoms with Gasteiger partial charge in [-0.15, -0.1) is 0 Å². The molecule has 0 spiro atoms. The second-order valence-corrected chi connectivity index (χ2v) is 6.45. The molecule has 0 bridgehead atoms. The number of likely N-dealkylation sites (tertiary alicyclic amines) is 1. The second kappa shape index (κ2) is 6.67.